The van der Waals surface area contributed by atoms with E-state index in [4.69, 9.17) is 15.9 Å². The lowest BCUT2D eigenvalue weighted by Crippen LogP contribution is -2.39. The van der Waals surface area contributed by atoms with Gasteiger partial charge in [-0.1, -0.05) is 0 Å². The van der Waals surface area contributed by atoms with Crippen LogP contribution in [0.4, 0.5) is 0 Å². The van der Waals surface area contributed by atoms with E-state index in [-0.39, 0.29) is 5.84 Å². The Kier molecular flexibility index (Phi) is 5.69. The molecule has 0 aliphatic heterocycles. The number of rotatable bonds is 7. The van der Waals surface area contributed by atoms with E-state index >= 15 is 0 Å². The maximum absolute atomic E-state index is 7.45. The highest BCUT2D eigenvalue weighted by Crippen LogP contribution is 2.12. The van der Waals surface area contributed by atoms with Crippen molar-refractivity contribution < 1.29 is 4.74 Å². The molecule has 0 amide bonds. The van der Waals surface area contributed by atoms with E-state index < -0.39 is 0 Å². The highest BCUT2D eigenvalue weighted by Gasteiger charge is 2.14. The molecule has 0 saturated carbocycles. The lowest BCUT2D eigenvalue weighted by atomic mass is 10.2. The summed E-state index contributed by atoms with van der Waals surface area (Å²) in [6, 6.07) is 2.54. The lowest BCUT2D eigenvalue weighted by Gasteiger charge is -2.30. The van der Waals surface area contributed by atoms with Gasteiger partial charge in [0, 0.05) is 18.6 Å². The summed E-state index contributed by atoms with van der Waals surface area (Å²) in [5, 5.41) is 15.1. The zero-order valence-corrected chi connectivity index (χ0v) is 12.1. The van der Waals surface area contributed by atoms with Crippen LogP contribution in [0, 0.1) is 5.41 Å². The summed E-state index contributed by atoms with van der Waals surface area (Å²) >= 11 is 0. The first kappa shape index (κ1) is 15.4. The minimum atomic E-state index is -0.0607. The minimum Gasteiger partial charge on any atom is -0.475 e. The van der Waals surface area contributed by atoms with Gasteiger partial charge in [0.1, 0.15) is 12.4 Å². The van der Waals surface area contributed by atoms with Crippen LogP contribution in [0.2, 0.25) is 0 Å². The van der Waals surface area contributed by atoms with Crippen molar-refractivity contribution in [2.24, 2.45) is 5.73 Å². The van der Waals surface area contributed by atoms with E-state index in [2.05, 4.69) is 42.8 Å². The highest BCUT2D eigenvalue weighted by atomic mass is 16.5. The van der Waals surface area contributed by atoms with Gasteiger partial charge in [-0.15, -0.1) is 5.10 Å². The van der Waals surface area contributed by atoms with Crippen LogP contribution < -0.4 is 10.5 Å². The minimum absolute atomic E-state index is 0.0607. The largest absolute Gasteiger partial charge is 0.475 e. The van der Waals surface area contributed by atoms with E-state index in [1.807, 2.05) is 0 Å². The van der Waals surface area contributed by atoms with Gasteiger partial charge < -0.3 is 10.5 Å². The highest BCUT2D eigenvalue weighted by molar-refractivity contribution is 5.96. The number of aromatic nitrogens is 2. The normalized spacial score (nSPS) is 11.3. The molecule has 0 radical (unpaired) electrons. The van der Waals surface area contributed by atoms with E-state index in [1.165, 1.54) is 6.20 Å². The van der Waals surface area contributed by atoms with Crippen LogP contribution in [-0.4, -0.2) is 46.2 Å². The van der Waals surface area contributed by atoms with E-state index in [0.717, 1.165) is 6.54 Å². The molecule has 6 heteroatoms. The van der Waals surface area contributed by atoms with E-state index in [0.29, 0.717) is 30.1 Å². The third-order valence-corrected chi connectivity index (χ3v) is 2.89. The molecule has 0 bridgehead atoms. The predicted molar refractivity (Wildman–Crippen MR) is 75.5 cm³/mol. The molecule has 1 heterocycles. The van der Waals surface area contributed by atoms with Gasteiger partial charge in [0.05, 0.1) is 11.8 Å². The monoisotopic (exact) mass is 265 g/mol. The second kappa shape index (κ2) is 7.04. The van der Waals surface area contributed by atoms with Crippen LogP contribution >= 0.6 is 0 Å². The Labute approximate surface area is 114 Å². The fourth-order valence-corrected chi connectivity index (χ4v) is 1.99. The summed E-state index contributed by atoms with van der Waals surface area (Å²) in [6.07, 6.45) is 1.50. The Morgan fingerprint density at radius 3 is 2.53 bits per heavy atom. The summed E-state index contributed by atoms with van der Waals surface area (Å²) in [5.41, 5.74) is 5.95. The molecule has 0 fully saturated rings. The first-order valence-corrected chi connectivity index (χ1v) is 6.48. The first-order valence-electron chi connectivity index (χ1n) is 6.48. The quantitative estimate of drug-likeness (QED) is 0.572. The average Bonchev–Trinajstić information content (AvgIpc) is 2.33. The summed E-state index contributed by atoms with van der Waals surface area (Å²) in [5.74, 6) is 0.261. The van der Waals surface area contributed by atoms with Crippen LogP contribution in [0.3, 0.4) is 0 Å². The Hall–Kier alpha value is -1.69. The maximum atomic E-state index is 7.45. The molecular weight excluding hydrogens is 242 g/mol. The van der Waals surface area contributed by atoms with Gasteiger partial charge in [-0.25, -0.2) is 0 Å². The Bertz CT molecular complexity index is 411. The van der Waals surface area contributed by atoms with Crippen molar-refractivity contribution in [3.63, 3.8) is 0 Å². The van der Waals surface area contributed by atoms with E-state index in [9.17, 15) is 0 Å². The second-order valence-electron chi connectivity index (χ2n) is 4.94. The molecule has 0 aliphatic carbocycles. The fourth-order valence-electron chi connectivity index (χ4n) is 1.99. The summed E-state index contributed by atoms with van der Waals surface area (Å²) in [6.45, 7) is 9.91. The molecule has 1 rings (SSSR count). The van der Waals surface area contributed by atoms with Gasteiger partial charge in [-0.05, 0) is 33.8 Å². The smallest absolute Gasteiger partial charge is 0.244 e. The van der Waals surface area contributed by atoms with Crippen LogP contribution in [-0.2, 0) is 0 Å². The molecule has 3 N–H and O–H groups in total. The van der Waals surface area contributed by atoms with Gasteiger partial charge in [0.15, 0.2) is 0 Å². The van der Waals surface area contributed by atoms with Crippen LogP contribution in [0.15, 0.2) is 12.3 Å². The van der Waals surface area contributed by atoms with Gasteiger partial charge in [-0.2, -0.15) is 5.10 Å². The molecule has 1 aromatic heterocycles. The zero-order chi connectivity index (χ0) is 14.4. The number of ether oxygens (including phenoxy) is 1. The number of nitrogens with two attached hydrogens (primary N) is 1. The molecule has 0 atom stereocenters. The van der Waals surface area contributed by atoms with Gasteiger partial charge in [-0.3, -0.25) is 10.3 Å². The number of nitrogens with zero attached hydrogens (tertiary/aromatic N) is 3. The van der Waals surface area contributed by atoms with Gasteiger partial charge in [0.2, 0.25) is 5.88 Å². The van der Waals surface area contributed by atoms with Crippen molar-refractivity contribution >= 4 is 5.84 Å². The summed E-state index contributed by atoms with van der Waals surface area (Å²) < 4.78 is 5.59. The van der Waals surface area contributed by atoms with Crippen molar-refractivity contribution in [1.29, 1.82) is 5.41 Å². The maximum Gasteiger partial charge on any atom is 0.244 e. The third-order valence-electron chi connectivity index (χ3n) is 2.89. The molecule has 1 aromatic rings. The topological polar surface area (TPSA) is 88.1 Å². The van der Waals surface area contributed by atoms with Crippen molar-refractivity contribution in [2.75, 3.05) is 13.2 Å². The second-order valence-corrected chi connectivity index (χ2v) is 4.94. The van der Waals surface area contributed by atoms with Gasteiger partial charge in [0.25, 0.3) is 0 Å². The standard InChI is InChI=1S/C13H23N5O/c1-9(2)18(10(3)4)7-8-19-13-11(12(14)15)5-6-16-17-13/h5-6,9-10H,7-8H2,1-4H3,(H3,14,15). The van der Waals surface area contributed by atoms with Crippen LogP contribution in [0.25, 0.3) is 0 Å². The molecule has 0 unspecified atom stereocenters. The number of hydrogen-bond acceptors (Lipinski definition) is 5. The first-order chi connectivity index (χ1) is 8.93. The van der Waals surface area contributed by atoms with Crippen LogP contribution in [0.1, 0.15) is 33.3 Å². The fraction of sp³-hybridized carbons (Fsp3) is 0.615. The number of hydrogen-bond donors (Lipinski definition) is 2. The number of nitrogens with one attached hydrogen (secondary N) is 1. The number of nitrogen functional groups attached to an aromatic ring is 1. The molecule has 106 valence electrons. The van der Waals surface area contributed by atoms with E-state index in [1.54, 1.807) is 6.07 Å². The average molecular weight is 265 g/mol. The Balaban J connectivity index is 2.60. The SMILES string of the molecule is CC(C)N(CCOc1nnccc1C(=N)N)C(C)C. The Morgan fingerprint density at radius 2 is 2.00 bits per heavy atom. The third kappa shape index (κ3) is 4.48. The van der Waals surface area contributed by atoms with Crippen molar-refractivity contribution in [1.82, 2.24) is 15.1 Å². The van der Waals surface area contributed by atoms with Gasteiger partial charge >= 0.3 is 0 Å². The predicted octanol–water partition coefficient (Wildman–Crippen LogP) is 1.26. The molecule has 19 heavy (non-hydrogen) atoms. The summed E-state index contributed by atoms with van der Waals surface area (Å²) in [7, 11) is 0. The molecule has 0 aliphatic rings. The number of amidine groups is 1. The Morgan fingerprint density at radius 1 is 1.37 bits per heavy atom. The van der Waals surface area contributed by atoms with Crippen molar-refractivity contribution in [2.45, 2.75) is 39.8 Å². The van der Waals surface area contributed by atoms with Crippen molar-refractivity contribution in [3.05, 3.63) is 17.8 Å². The zero-order valence-electron chi connectivity index (χ0n) is 12.1. The summed E-state index contributed by atoms with van der Waals surface area (Å²) in [4.78, 5) is 2.32. The van der Waals surface area contributed by atoms with Crippen LogP contribution in [0.5, 0.6) is 5.88 Å². The molecule has 0 spiro atoms. The molecule has 0 saturated heterocycles. The molecule has 0 aromatic carbocycles. The van der Waals surface area contributed by atoms with Crippen molar-refractivity contribution in [3.8, 4) is 5.88 Å². The molecule has 6 nitrogen and oxygen atoms in total. The molecular formula is C13H23N5O. The lowest BCUT2D eigenvalue weighted by molar-refractivity contribution is 0.139.